The molecular weight excluding hydrogens is 328 g/mol. The predicted octanol–water partition coefficient (Wildman–Crippen LogP) is 1.88. The Kier molecular flexibility index (Phi) is 4.05. The largest absolute Gasteiger partial charge is 0.350 e. The number of aromatic nitrogens is 1. The van der Waals surface area contributed by atoms with Crippen molar-refractivity contribution in [2.45, 2.75) is 4.90 Å². The molecule has 1 heterocycles. The van der Waals surface area contributed by atoms with E-state index in [0.717, 1.165) is 5.39 Å². The molecule has 8 heteroatoms. The van der Waals surface area contributed by atoms with Crippen LogP contribution in [0.4, 0.5) is 4.79 Å². The van der Waals surface area contributed by atoms with E-state index in [0.29, 0.717) is 11.1 Å². The van der Waals surface area contributed by atoms with E-state index in [-0.39, 0.29) is 4.90 Å². The lowest BCUT2D eigenvalue weighted by Crippen LogP contribution is -2.24. The van der Waals surface area contributed by atoms with Gasteiger partial charge in [-0.25, -0.2) is 22.6 Å². The summed E-state index contributed by atoms with van der Waals surface area (Å²) in [6, 6.07) is 14.3. The Balaban J connectivity index is 2.00. The van der Waals surface area contributed by atoms with Gasteiger partial charge in [0, 0.05) is 11.6 Å². The summed E-state index contributed by atoms with van der Waals surface area (Å²) in [6.45, 7) is 0. The number of carbonyl (C=O) groups is 1. The normalized spacial score (nSPS) is 11.8. The van der Waals surface area contributed by atoms with Gasteiger partial charge in [-0.15, -0.1) is 0 Å². The minimum atomic E-state index is -3.65. The molecule has 3 N–H and O–H groups in total. The minimum absolute atomic E-state index is 0.221. The van der Waals surface area contributed by atoms with Crippen molar-refractivity contribution in [3.63, 3.8) is 0 Å². The number of urea groups is 1. The number of hydrogen-bond acceptors (Lipinski definition) is 4. The number of amides is 2. The number of hydrogen-bond donors (Lipinski definition) is 2. The van der Waals surface area contributed by atoms with Gasteiger partial charge in [-0.2, -0.15) is 5.10 Å². The summed E-state index contributed by atoms with van der Waals surface area (Å²) in [6.07, 6.45) is 2.93. The maximum absolute atomic E-state index is 12.7. The molecule has 0 aliphatic rings. The van der Waals surface area contributed by atoms with Gasteiger partial charge in [0.15, 0.2) is 0 Å². The zero-order valence-electron chi connectivity index (χ0n) is 12.5. The third-order valence-electron chi connectivity index (χ3n) is 3.37. The molecule has 7 nitrogen and oxygen atoms in total. The van der Waals surface area contributed by atoms with Crippen molar-refractivity contribution < 1.29 is 13.2 Å². The van der Waals surface area contributed by atoms with Gasteiger partial charge in [0.25, 0.3) is 10.0 Å². The van der Waals surface area contributed by atoms with Crippen molar-refractivity contribution in [3.05, 3.63) is 66.4 Å². The number of nitrogens with zero attached hydrogens (tertiary/aromatic N) is 2. The zero-order valence-corrected chi connectivity index (χ0v) is 13.3. The van der Waals surface area contributed by atoms with Crippen LogP contribution in [0, 0.1) is 0 Å². The molecule has 0 unspecified atom stereocenters. The summed E-state index contributed by atoms with van der Waals surface area (Å²) in [5.41, 5.74) is 8.27. The Bertz CT molecular complexity index is 1020. The predicted molar refractivity (Wildman–Crippen MR) is 91.3 cm³/mol. The van der Waals surface area contributed by atoms with Gasteiger partial charge in [-0.1, -0.05) is 24.3 Å². The highest BCUT2D eigenvalue weighted by Gasteiger charge is 2.18. The Morgan fingerprint density at radius 1 is 1.12 bits per heavy atom. The number of hydrazone groups is 1. The Morgan fingerprint density at radius 3 is 2.58 bits per heavy atom. The Morgan fingerprint density at radius 2 is 1.88 bits per heavy atom. The number of nitrogens with two attached hydrogens (primary N) is 1. The number of primary amides is 1. The molecule has 0 aliphatic carbocycles. The van der Waals surface area contributed by atoms with Crippen molar-refractivity contribution >= 4 is 33.2 Å². The van der Waals surface area contributed by atoms with Gasteiger partial charge in [0.1, 0.15) is 0 Å². The fourth-order valence-electron chi connectivity index (χ4n) is 2.30. The zero-order chi connectivity index (χ0) is 17.2. The van der Waals surface area contributed by atoms with E-state index in [9.17, 15) is 13.2 Å². The average Bonchev–Trinajstić information content (AvgIpc) is 2.99. The summed E-state index contributed by atoms with van der Waals surface area (Å²) in [5, 5.41) is 4.41. The minimum Gasteiger partial charge on any atom is -0.350 e. The summed E-state index contributed by atoms with van der Waals surface area (Å²) in [7, 11) is -3.65. The van der Waals surface area contributed by atoms with Gasteiger partial charge in [-0.3, -0.25) is 0 Å². The molecule has 0 radical (unpaired) electrons. The van der Waals surface area contributed by atoms with Gasteiger partial charge < -0.3 is 5.73 Å². The third-order valence-corrected chi connectivity index (χ3v) is 5.07. The third kappa shape index (κ3) is 2.99. The molecule has 24 heavy (non-hydrogen) atoms. The number of carbonyl (C=O) groups excluding carboxylic acids is 1. The quantitative estimate of drug-likeness (QED) is 0.558. The highest BCUT2D eigenvalue weighted by atomic mass is 32.2. The van der Waals surface area contributed by atoms with Crippen LogP contribution >= 0.6 is 0 Å². The lowest BCUT2D eigenvalue weighted by Gasteiger charge is -2.07. The topological polar surface area (TPSA) is 107 Å². The monoisotopic (exact) mass is 342 g/mol. The van der Waals surface area contributed by atoms with E-state index >= 15 is 0 Å². The molecule has 3 aromatic rings. The maximum Gasteiger partial charge on any atom is 0.332 e. The summed E-state index contributed by atoms with van der Waals surface area (Å²) in [4.78, 5) is 10.8. The smallest absolute Gasteiger partial charge is 0.332 e. The molecule has 0 aliphatic heterocycles. The van der Waals surface area contributed by atoms with Crippen LogP contribution in [0.15, 0.2) is 70.8 Å². The average molecular weight is 342 g/mol. The maximum atomic E-state index is 12.7. The molecule has 0 bridgehead atoms. The second-order valence-corrected chi connectivity index (χ2v) is 6.80. The number of nitrogens with one attached hydrogen (secondary N) is 1. The first-order valence-electron chi connectivity index (χ1n) is 6.99. The van der Waals surface area contributed by atoms with Gasteiger partial charge in [-0.05, 0) is 35.9 Å². The lowest BCUT2D eigenvalue weighted by molar-refractivity contribution is 0.249. The molecule has 0 spiro atoms. The van der Waals surface area contributed by atoms with Crippen LogP contribution in [0.1, 0.15) is 5.56 Å². The van der Waals surface area contributed by atoms with Crippen LogP contribution in [0.2, 0.25) is 0 Å². The molecule has 0 saturated heterocycles. The molecule has 1 aromatic heterocycles. The second kappa shape index (κ2) is 6.17. The van der Waals surface area contributed by atoms with Crippen molar-refractivity contribution in [2.75, 3.05) is 0 Å². The highest BCUT2D eigenvalue weighted by Crippen LogP contribution is 2.22. The van der Waals surface area contributed by atoms with E-state index < -0.39 is 16.1 Å². The van der Waals surface area contributed by atoms with E-state index in [1.165, 1.54) is 16.4 Å². The first kappa shape index (κ1) is 15.8. The standard InChI is InChI=1S/C16H14N4O3S/c17-16(21)19-18-11-12-6-7-15-13(10-12)8-9-20(15)24(22,23)14-4-2-1-3-5-14/h1-11H,(H3,17,19,21). The van der Waals surface area contributed by atoms with E-state index in [1.807, 2.05) is 0 Å². The van der Waals surface area contributed by atoms with Crippen molar-refractivity contribution in [3.8, 4) is 0 Å². The van der Waals surface area contributed by atoms with Crippen LogP contribution in [0.5, 0.6) is 0 Å². The van der Waals surface area contributed by atoms with Crippen molar-refractivity contribution in [1.82, 2.24) is 9.40 Å². The lowest BCUT2D eigenvalue weighted by atomic mass is 10.2. The van der Waals surface area contributed by atoms with Crippen LogP contribution in [-0.2, 0) is 10.0 Å². The molecule has 122 valence electrons. The summed E-state index contributed by atoms with van der Waals surface area (Å²) < 4.78 is 26.7. The highest BCUT2D eigenvalue weighted by molar-refractivity contribution is 7.90. The molecular formula is C16H14N4O3S. The fourth-order valence-corrected chi connectivity index (χ4v) is 3.68. The van der Waals surface area contributed by atoms with Crippen LogP contribution in [0.3, 0.4) is 0 Å². The van der Waals surface area contributed by atoms with Crippen LogP contribution in [0.25, 0.3) is 10.9 Å². The first-order chi connectivity index (χ1) is 11.5. The van der Waals surface area contributed by atoms with Crippen molar-refractivity contribution in [2.24, 2.45) is 10.8 Å². The Hall–Kier alpha value is -3.13. The molecule has 0 atom stereocenters. The number of fused-ring (bicyclic) bond motifs is 1. The molecule has 2 aromatic carbocycles. The van der Waals surface area contributed by atoms with Crippen LogP contribution < -0.4 is 11.2 Å². The number of rotatable bonds is 4. The summed E-state index contributed by atoms with van der Waals surface area (Å²) >= 11 is 0. The second-order valence-electron chi connectivity index (χ2n) is 4.98. The molecule has 0 saturated carbocycles. The van der Waals surface area contributed by atoms with Crippen LogP contribution in [-0.4, -0.2) is 24.6 Å². The molecule has 2 amide bonds. The van der Waals surface area contributed by atoms with Gasteiger partial charge >= 0.3 is 6.03 Å². The summed E-state index contributed by atoms with van der Waals surface area (Å²) in [5.74, 6) is 0. The van der Waals surface area contributed by atoms with Gasteiger partial charge in [0.2, 0.25) is 0 Å². The Labute approximate surface area is 138 Å². The SMILES string of the molecule is NC(=O)NN=Cc1ccc2c(ccn2S(=O)(=O)c2ccccc2)c1. The first-order valence-corrected chi connectivity index (χ1v) is 8.43. The van der Waals surface area contributed by atoms with E-state index in [1.54, 1.807) is 54.6 Å². The molecule has 3 rings (SSSR count). The number of benzene rings is 2. The molecule has 0 fully saturated rings. The fraction of sp³-hybridized carbons (Fsp3) is 0. The van der Waals surface area contributed by atoms with Gasteiger partial charge in [0.05, 0.1) is 16.6 Å². The van der Waals surface area contributed by atoms with E-state index in [4.69, 9.17) is 5.73 Å². The van der Waals surface area contributed by atoms with Crippen molar-refractivity contribution in [1.29, 1.82) is 0 Å². The van der Waals surface area contributed by atoms with E-state index in [2.05, 4.69) is 10.5 Å².